The van der Waals surface area contributed by atoms with E-state index in [1.165, 1.54) is 4.90 Å². The van der Waals surface area contributed by atoms with Crippen molar-refractivity contribution in [2.45, 2.75) is 33.4 Å². The lowest BCUT2D eigenvalue weighted by Crippen LogP contribution is -2.51. The molecule has 11 heteroatoms. The van der Waals surface area contributed by atoms with Crippen LogP contribution >= 0.6 is 23.2 Å². The van der Waals surface area contributed by atoms with Crippen molar-refractivity contribution in [1.82, 2.24) is 10.2 Å². The Kier molecular flexibility index (Phi) is 10.0. The summed E-state index contributed by atoms with van der Waals surface area (Å²) in [5.41, 5.74) is 0.949. The van der Waals surface area contributed by atoms with Crippen molar-refractivity contribution in [2.75, 3.05) is 30.3 Å². The minimum Gasteiger partial charge on any atom is -0.494 e. The van der Waals surface area contributed by atoms with Crippen LogP contribution in [0.25, 0.3) is 0 Å². The molecule has 2 aromatic rings. The topological polar surface area (TPSA) is 96.0 Å². The van der Waals surface area contributed by atoms with E-state index in [-0.39, 0.29) is 12.5 Å². The number of nitrogens with zero attached hydrogens (tertiary/aromatic N) is 2. The van der Waals surface area contributed by atoms with Gasteiger partial charge in [0.15, 0.2) is 0 Å². The molecular weight excluding hydrogens is 501 g/mol. The van der Waals surface area contributed by atoms with Gasteiger partial charge < -0.3 is 15.0 Å². The molecule has 34 heavy (non-hydrogen) atoms. The molecule has 2 aromatic carbocycles. The minimum absolute atomic E-state index is 0.0366. The van der Waals surface area contributed by atoms with Crippen molar-refractivity contribution in [3.8, 4) is 5.75 Å². The van der Waals surface area contributed by atoms with Crippen LogP contribution in [0.4, 0.5) is 5.69 Å². The summed E-state index contributed by atoms with van der Waals surface area (Å²) in [6, 6.07) is 10.4. The second-order valence-corrected chi connectivity index (χ2v) is 10.3. The maximum atomic E-state index is 13.4. The molecule has 2 rings (SSSR count). The lowest BCUT2D eigenvalue weighted by Gasteiger charge is -2.31. The first-order chi connectivity index (χ1) is 16.0. The van der Waals surface area contributed by atoms with Crippen molar-refractivity contribution in [1.29, 1.82) is 0 Å². The van der Waals surface area contributed by atoms with Crippen LogP contribution in [0.15, 0.2) is 42.5 Å². The molecule has 2 amide bonds. The molecular formula is C23H29Cl2N3O5S. The highest BCUT2D eigenvalue weighted by Crippen LogP contribution is 2.25. The van der Waals surface area contributed by atoms with E-state index >= 15 is 0 Å². The summed E-state index contributed by atoms with van der Waals surface area (Å²) >= 11 is 12.1. The van der Waals surface area contributed by atoms with Gasteiger partial charge in [-0.3, -0.25) is 13.9 Å². The predicted molar refractivity (Wildman–Crippen MR) is 135 cm³/mol. The molecule has 0 aliphatic carbocycles. The molecule has 0 saturated carbocycles. The molecule has 0 saturated heterocycles. The van der Waals surface area contributed by atoms with Crippen LogP contribution in [0, 0.1) is 0 Å². The lowest BCUT2D eigenvalue weighted by molar-refractivity contribution is -0.139. The molecule has 1 atom stereocenters. The van der Waals surface area contributed by atoms with Crippen LogP contribution in [0.2, 0.25) is 10.0 Å². The first kappa shape index (κ1) is 27.8. The number of amides is 2. The Hall–Kier alpha value is -2.49. The van der Waals surface area contributed by atoms with Gasteiger partial charge in [0.2, 0.25) is 21.8 Å². The molecule has 0 aromatic heterocycles. The van der Waals surface area contributed by atoms with Crippen LogP contribution in [0.3, 0.4) is 0 Å². The Morgan fingerprint density at radius 1 is 1.06 bits per heavy atom. The number of halogens is 2. The summed E-state index contributed by atoms with van der Waals surface area (Å²) in [7, 11) is -3.81. The number of anilines is 1. The first-order valence-corrected chi connectivity index (χ1v) is 13.3. The van der Waals surface area contributed by atoms with E-state index in [2.05, 4.69) is 5.32 Å². The fourth-order valence-corrected chi connectivity index (χ4v) is 4.40. The highest BCUT2D eigenvalue weighted by atomic mass is 35.5. The van der Waals surface area contributed by atoms with Gasteiger partial charge in [-0.2, -0.15) is 0 Å². The summed E-state index contributed by atoms with van der Waals surface area (Å²) in [6.07, 6.45) is 1.02. The summed E-state index contributed by atoms with van der Waals surface area (Å²) in [5.74, 6) is -0.329. The predicted octanol–water partition coefficient (Wildman–Crippen LogP) is 3.71. The number of carbonyl (C=O) groups excluding carboxylic acids is 2. The third kappa shape index (κ3) is 7.51. The maximum Gasteiger partial charge on any atom is 0.244 e. The van der Waals surface area contributed by atoms with Crippen LogP contribution in [0.1, 0.15) is 26.3 Å². The monoisotopic (exact) mass is 529 g/mol. The van der Waals surface area contributed by atoms with Gasteiger partial charge in [0.1, 0.15) is 18.3 Å². The number of hydrogen-bond acceptors (Lipinski definition) is 5. The Balaban J connectivity index is 2.37. The number of sulfonamides is 1. The number of hydrogen-bond donors (Lipinski definition) is 1. The fourth-order valence-electron chi connectivity index (χ4n) is 3.23. The number of carbonyl (C=O) groups is 2. The number of ether oxygens (including phenoxy) is 1. The summed E-state index contributed by atoms with van der Waals surface area (Å²) < 4.78 is 31.5. The van der Waals surface area contributed by atoms with E-state index in [0.717, 1.165) is 10.6 Å². The Morgan fingerprint density at radius 2 is 1.71 bits per heavy atom. The van der Waals surface area contributed by atoms with E-state index in [0.29, 0.717) is 40.2 Å². The van der Waals surface area contributed by atoms with Crippen molar-refractivity contribution < 1.29 is 22.7 Å². The third-order valence-electron chi connectivity index (χ3n) is 4.97. The molecule has 1 N–H and O–H groups in total. The lowest BCUT2D eigenvalue weighted by atomic mass is 10.1. The Labute approximate surface area is 210 Å². The number of benzene rings is 2. The fraction of sp³-hybridized carbons (Fsp3) is 0.391. The van der Waals surface area contributed by atoms with E-state index in [9.17, 15) is 18.0 Å². The average molecular weight is 530 g/mol. The molecule has 0 aliphatic rings. The molecule has 0 spiro atoms. The standard InChI is InChI=1S/C23H29Cl2N3O5S/c1-5-26-23(30)16(3)27(14-17-7-12-20(24)21(25)13-17)22(29)15-28(34(4,31)32)18-8-10-19(11-9-18)33-6-2/h7-13,16H,5-6,14-15H2,1-4H3,(H,26,30)/t16-/m0/s1. The van der Waals surface area contributed by atoms with Crippen molar-refractivity contribution in [3.63, 3.8) is 0 Å². The van der Waals surface area contributed by atoms with Gasteiger partial charge in [-0.25, -0.2) is 8.42 Å². The zero-order valence-electron chi connectivity index (χ0n) is 19.5. The van der Waals surface area contributed by atoms with Crippen molar-refractivity contribution in [2.24, 2.45) is 0 Å². The highest BCUT2D eigenvalue weighted by molar-refractivity contribution is 7.92. The van der Waals surface area contributed by atoms with Gasteiger partial charge in [-0.1, -0.05) is 29.3 Å². The van der Waals surface area contributed by atoms with Crippen molar-refractivity contribution >= 4 is 50.7 Å². The SMILES string of the molecule is CCNC(=O)[C@H](C)N(Cc1ccc(Cl)c(Cl)c1)C(=O)CN(c1ccc(OCC)cc1)S(C)(=O)=O. The largest absolute Gasteiger partial charge is 0.494 e. The first-order valence-electron chi connectivity index (χ1n) is 10.7. The average Bonchev–Trinajstić information content (AvgIpc) is 2.78. The maximum absolute atomic E-state index is 13.4. The summed E-state index contributed by atoms with van der Waals surface area (Å²) in [6.45, 7) is 5.60. The van der Waals surface area contributed by atoms with Gasteiger partial charge in [-0.15, -0.1) is 0 Å². The van der Waals surface area contributed by atoms with Crippen LogP contribution < -0.4 is 14.4 Å². The molecule has 0 heterocycles. The molecule has 0 fully saturated rings. The molecule has 8 nitrogen and oxygen atoms in total. The van der Waals surface area contributed by atoms with Crippen LogP contribution in [-0.4, -0.2) is 57.1 Å². The van der Waals surface area contributed by atoms with Crippen molar-refractivity contribution in [3.05, 3.63) is 58.1 Å². The normalized spacial score (nSPS) is 12.1. The van der Waals surface area contributed by atoms with E-state index in [1.54, 1.807) is 56.3 Å². The Morgan fingerprint density at radius 3 is 2.24 bits per heavy atom. The quantitative estimate of drug-likeness (QED) is 0.478. The number of rotatable bonds is 11. The highest BCUT2D eigenvalue weighted by Gasteiger charge is 2.30. The molecule has 0 bridgehead atoms. The minimum atomic E-state index is -3.81. The number of likely N-dealkylation sites (N-methyl/N-ethyl adjacent to an activating group) is 1. The van der Waals surface area contributed by atoms with Gasteiger partial charge in [-0.05, 0) is 62.7 Å². The van der Waals surface area contributed by atoms with E-state index in [4.69, 9.17) is 27.9 Å². The zero-order chi connectivity index (χ0) is 25.5. The van der Waals surface area contributed by atoms with Gasteiger partial charge in [0, 0.05) is 13.1 Å². The van der Waals surface area contributed by atoms with Crippen LogP contribution in [0.5, 0.6) is 5.75 Å². The van der Waals surface area contributed by atoms with Gasteiger partial charge in [0.05, 0.1) is 28.6 Å². The summed E-state index contributed by atoms with van der Waals surface area (Å²) in [4.78, 5) is 27.3. The number of nitrogens with one attached hydrogen (secondary N) is 1. The Bertz CT molecular complexity index is 1110. The molecule has 0 aliphatic heterocycles. The summed E-state index contributed by atoms with van der Waals surface area (Å²) in [5, 5.41) is 3.36. The zero-order valence-corrected chi connectivity index (χ0v) is 21.9. The second kappa shape index (κ2) is 12.3. The second-order valence-electron chi connectivity index (χ2n) is 7.54. The molecule has 0 unspecified atom stereocenters. The van der Waals surface area contributed by atoms with Gasteiger partial charge in [0.25, 0.3) is 0 Å². The smallest absolute Gasteiger partial charge is 0.244 e. The van der Waals surface area contributed by atoms with E-state index < -0.39 is 28.5 Å². The third-order valence-corrected chi connectivity index (χ3v) is 6.85. The van der Waals surface area contributed by atoms with Crippen LogP contribution in [-0.2, 0) is 26.2 Å². The van der Waals surface area contributed by atoms with Gasteiger partial charge >= 0.3 is 0 Å². The van der Waals surface area contributed by atoms with E-state index in [1.807, 2.05) is 6.92 Å². The molecule has 186 valence electrons. The molecule has 0 radical (unpaired) electrons.